The minimum atomic E-state index is -0.133. The van der Waals surface area contributed by atoms with E-state index in [-0.39, 0.29) is 11.8 Å². The van der Waals surface area contributed by atoms with Crippen LogP contribution in [0.5, 0.6) is 0 Å². The molecule has 3 heterocycles. The Morgan fingerprint density at radius 3 is 2.42 bits per heavy atom. The summed E-state index contributed by atoms with van der Waals surface area (Å²) in [7, 11) is 0. The van der Waals surface area contributed by atoms with E-state index in [0.29, 0.717) is 37.6 Å². The molecule has 0 saturated carbocycles. The SMILES string of the molecule is O=C(c1ccco1)N1CCN(C(=O)c2noc3c2CCCC3)CC1. The molecule has 1 fully saturated rings. The zero-order chi connectivity index (χ0) is 16.5. The maximum Gasteiger partial charge on any atom is 0.289 e. The molecular weight excluding hydrogens is 310 g/mol. The van der Waals surface area contributed by atoms with Gasteiger partial charge in [-0.2, -0.15) is 0 Å². The summed E-state index contributed by atoms with van der Waals surface area (Å²) in [6.45, 7) is 1.97. The van der Waals surface area contributed by atoms with Crippen LogP contribution in [0, 0.1) is 0 Å². The zero-order valence-electron chi connectivity index (χ0n) is 13.4. The molecule has 0 unspecified atom stereocenters. The van der Waals surface area contributed by atoms with E-state index in [1.54, 1.807) is 21.9 Å². The van der Waals surface area contributed by atoms with Gasteiger partial charge in [-0.05, 0) is 31.4 Å². The average Bonchev–Trinajstić information content (AvgIpc) is 3.30. The standard InChI is InChI=1S/C17H19N3O4/c21-16(14-6-3-11-23-14)19-7-9-20(10-8-19)17(22)15-12-4-1-2-5-13(12)24-18-15/h3,6,11H,1-2,4-5,7-10H2. The molecule has 7 heteroatoms. The fraction of sp³-hybridized carbons (Fsp3) is 0.471. The second-order valence-corrected chi connectivity index (χ2v) is 6.20. The van der Waals surface area contributed by atoms with Crippen molar-refractivity contribution in [2.45, 2.75) is 25.7 Å². The molecular formula is C17H19N3O4. The number of hydrogen-bond donors (Lipinski definition) is 0. The third-order valence-electron chi connectivity index (χ3n) is 4.74. The number of piperazine rings is 1. The van der Waals surface area contributed by atoms with Crippen molar-refractivity contribution in [1.29, 1.82) is 0 Å². The highest BCUT2D eigenvalue weighted by Gasteiger charge is 2.31. The molecule has 1 aliphatic carbocycles. The molecule has 2 aromatic rings. The van der Waals surface area contributed by atoms with Gasteiger partial charge in [0.15, 0.2) is 11.5 Å². The van der Waals surface area contributed by atoms with Crippen LogP contribution in [-0.4, -0.2) is 52.9 Å². The molecule has 0 radical (unpaired) electrons. The molecule has 0 atom stereocenters. The van der Waals surface area contributed by atoms with Crippen LogP contribution < -0.4 is 0 Å². The number of aromatic nitrogens is 1. The summed E-state index contributed by atoms with van der Waals surface area (Å²) in [6, 6.07) is 3.35. The lowest BCUT2D eigenvalue weighted by molar-refractivity contribution is 0.0512. The fourth-order valence-corrected chi connectivity index (χ4v) is 3.37. The van der Waals surface area contributed by atoms with Crippen LogP contribution in [0.15, 0.2) is 27.3 Å². The van der Waals surface area contributed by atoms with Crippen molar-refractivity contribution in [3.63, 3.8) is 0 Å². The van der Waals surface area contributed by atoms with E-state index in [4.69, 9.17) is 8.94 Å². The molecule has 4 rings (SSSR count). The highest BCUT2D eigenvalue weighted by Crippen LogP contribution is 2.25. The third-order valence-corrected chi connectivity index (χ3v) is 4.74. The number of furan rings is 1. The van der Waals surface area contributed by atoms with Gasteiger partial charge in [-0.25, -0.2) is 0 Å². The topological polar surface area (TPSA) is 79.8 Å². The number of fused-ring (bicyclic) bond motifs is 1. The lowest BCUT2D eigenvalue weighted by atomic mass is 9.96. The number of aryl methyl sites for hydroxylation is 1. The summed E-state index contributed by atoms with van der Waals surface area (Å²) in [5.74, 6) is 0.967. The molecule has 1 saturated heterocycles. The Morgan fingerprint density at radius 2 is 1.71 bits per heavy atom. The second-order valence-electron chi connectivity index (χ2n) is 6.20. The number of amides is 2. The van der Waals surface area contributed by atoms with E-state index >= 15 is 0 Å². The quantitative estimate of drug-likeness (QED) is 0.838. The normalized spacial score (nSPS) is 17.7. The Labute approximate surface area is 139 Å². The number of carbonyl (C=O) groups is 2. The maximum atomic E-state index is 12.7. The second kappa shape index (κ2) is 6.14. The van der Waals surface area contributed by atoms with Gasteiger partial charge in [0, 0.05) is 38.2 Å². The minimum Gasteiger partial charge on any atom is -0.459 e. The molecule has 7 nitrogen and oxygen atoms in total. The smallest absolute Gasteiger partial charge is 0.289 e. The van der Waals surface area contributed by atoms with Crippen molar-refractivity contribution in [1.82, 2.24) is 15.0 Å². The summed E-state index contributed by atoms with van der Waals surface area (Å²) in [4.78, 5) is 28.4. The molecule has 2 aromatic heterocycles. The van der Waals surface area contributed by atoms with Gasteiger partial charge in [-0.3, -0.25) is 9.59 Å². The number of nitrogens with zero attached hydrogens (tertiary/aromatic N) is 3. The van der Waals surface area contributed by atoms with E-state index < -0.39 is 0 Å². The van der Waals surface area contributed by atoms with E-state index in [9.17, 15) is 9.59 Å². The van der Waals surface area contributed by atoms with Gasteiger partial charge in [0.05, 0.1) is 6.26 Å². The lowest BCUT2D eigenvalue weighted by Crippen LogP contribution is -2.50. The van der Waals surface area contributed by atoms with E-state index in [1.807, 2.05) is 0 Å². The van der Waals surface area contributed by atoms with Gasteiger partial charge >= 0.3 is 0 Å². The first-order valence-corrected chi connectivity index (χ1v) is 8.33. The summed E-state index contributed by atoms with van der Waals surface area (Å²) in [6.07, 6.45) is 5.36. The first-order chi connectivity index (χ1) is 11.7. The predicted octanol–water partition coefficient (Wildman–Crippen LogP) is 1.74. The maximum absolute atomic E-state index is 12.7. The number of rotatable bonds is 2. The molecule has 0 bridgehead atoms. The molecule has 2 amide bonds. The van der Waals surface area contributed by atoms with Crippen LogP contribution in [-0.2, 0) is 12.8 Å². The Morgan fingerprint density at radius 1 is 1.00 bits per heavy atom. The van der Waals surface area contributed by atoms with Crippen LogP contribution >= 0.6 is 0 Å². The van der Waals surface area contributed by atoms with Crippen molar-refractivity contribution in [3.05, 3.63) is 41.2 Å². The Bertz CT molecular complexity index is 742. The van der Waals surface area contributed by atoms with Gasteiger partial charge in [-0.15, -0.1) is 0 Å². The van der Waals surface area contributed by atoms with Crippen molar-refractivity contribution < 1.29 is 18.5 Å². The van der Waals surface area contributed by atoms with Crippen molar-refractivity contribution >= 4 is 11.8 Å². The molecule has 0 N–H and O–H groups in total. The monoisotopic (exact) mass is 329 g/mol. The first kappa shape index (κ1) is 15.0. The van der Waals surface area contributed by atoms with Gasteiger partial charge in [0.1, 0.15) is 5.76 Å². The van der Waals surface area contributed by atoms with Crippen molar-refractivity contribution in [2.75, 3.05) is 26.2 Å². The van der Waals surface area contributed by atoms with Gasteiger partial charge in [0.25, 0.3) is 11.8 Å². The predicted molar refractivity (Wildman–Crippen MR) is 83.7 cm³/mol. The highest BCUT2D eigenvalue weighted by molar-refractivity contribution is 5.94. The third kappa shape index (κ3) is 2.60. The van der Waals surface area contributed by atoms with Gasteiger partial charge < -0.3 is 18.7 Å². The van der Waals surface area contributed by atoms with Crippen LogP contribution in [0.4, 0.5) is 0 Å². The van der Waals surface area contributed by atoms with Crippen LogP contribution in [0.2, 0.25) is 0 Å². The van der Waals surface area contributed by atoms with Crippen LogP contribution in [0.25, 0.3) is 0 Å². The van der Waals surface area contributed by atoms with E-state index in [2.05, 4.69) is 5.16 Å². The largest absolute Gasteiger partial charge is 0.459 e. The average molecular weight is 329 g/mol. The summed E-state index contributed by atoms with van der Waals surface area (Å²) in [5.41, 5.74) is 1.43. The minimum absolute atomic E-state index is 0.0907. The molecule has 0 aromatic carbocycles. The molecule has 0 spiro atoms. The van der Waals surface area contributed by atoms with Crippen LogP contribution in [0.1, 0.15) is 45.2 Å². The van der Waals surface area contributed by atoms with E-state index in [0.717, 1.165) is 37.0 Å². The van der Waals surface area contributed by atoms with Gasteiger partial charge in [0.2, 0.25) is 0 Å². The highest BCUT2D eigenvalue weighted by atomic mass is 16.5. The number of hydrogen-bond acceptors (Lipinski definition) is 5. The van der Waals surface area contributed by atoms with Crippen molar-refractivity contribution in [3.8, 4) is 0 Å². The Kier molecular flexibility index (Phi) is 3.84. The molecule has 1 aliphatic heterocycles. The first-order valence-electron chi connectivity index (χ1n) is 8.33. The lowest BCUT2D eigenvalue weighted by Gasteiger charge is -2.34. The van der Waals surface area contributed by atoms with Crippen LogP contribution in [0.3, 0.4) is 0 Å². The van der Waals surface area contributed by atoms with E-state index in [1.165, 1.54) is 6.26 Å². The Hall–Kier alpha value is -2.57. The molecule has 126 valence electrons. The summed E-state index contributed by atoms with van der Waals surface area (Å²) >= 11 is 0. The molecule has 24 heavy (non-hydrogen) atoms. The zero-order valence-corrected chi connectivity index (χ0v) is 13.4. The Balaban J connectivity index is 1.41. The summed E-state index contributed by atoms with van der Waals surface area (Å²) in [5, 5.41) is 4.01. The fourth-order valence-electron chi connectivity index (χ4n) is 3.37. The number of carbonyl (C=O) groups excluding carboxylic acids is 2. The molecule has 2 aliphatic rings. The summed E-state index contributed by atoms with van der Waals surface area (Å²) < 4.78 is 10.5. The van der Waals surface area contributed by atoms with Gasteiger partial charge in [-0.1, -0.05) is 5.16 Å². The van der Waals surface area contributed by atoms with Crippen molar-refractivity contribution in [2.24, 2.45) is 0 Å².